The molecule has 3 heterocycles. The predicted octanol–water partition coefficient (Wildman–Crippen LogP) is -0.339. The van der Waals surface area contributed by atoms with Crippen molar-refractivity contribution in [2.75, 3.05) is 13.1 Å². The first-order valence-electron chi connectivity index (χ1n) is 7.03. The van der Waals surface area contributed by atoms with E-state index in [2.05, 4.69) is 0 Å². The highest BCUT2D eigenvalue weighted by Crippen LogP contribution is 2.12. The zero-order valence-electron chi connectivity index (χ0n) is 12.2. The third-order valence-corrected chi connectivity index (χ3v) is 4.13. The molecule has 0 saturated carbocycles. The van der Waals surface area contributed by atoms with E-state index < -0.39 is 0 Å². The summed E-state index contributed by atoms with van der Waals surface area (Å²) < 4.78 is 4.17. The van der Waals surface area contributed by atoms with Crippen LogP contribution in [-0.2, 0) is 25.4 Å². The number of carbonyl (C=O) groups is 1. The molecule has 7 nitrogen and oxygen atoms in total. The van der Waals surface area contributed by atoms with Crippen LogP contribution in [0.1, 0.15) is 12.8 Å². The van der Waals surface area contributed by atoms with Gasteiger partial charge in [0.25, 0.3) is 5.56 Å². The quantitative estimate of drug-likeness (QED) is 0.760. The highest BCUT2D eigenvalue weighted by atomic mass is 16.2. The van der Waals surface area contributed by atoms with Crippen LogP contribution in [0.25, 0.3) is 11.0 Å². The van der Waals surface area contributed by atoms with Gasteiger partial charge in [-0.3, -0.25) is 18.7 Å². The van der Waals surface area contributed by atoms with Crippen LogP contribution in [0, 0.1) is 0 Å². The second-order valence-corrected chi connectivity index (χ2v) is 5.47. The van der Waals surface area contributed by atoms with Crippen LogP contribution in [0.15, 0.2) is 21.9 Å². The van der Waals surface area contributed by atoms with E-state index in [0.717, 1.165) is 30.5 Å². The SMILES string of the molecule is Cn1c(=O)c2ccn(CC(=O)N3CCCC3)c2n(C)c1=O. The maximum absolute atomic E-state index is 12.2. The van der Waals surface area contributed by atoms with Crippen molar-refractivity contribution in [3.8, 4) is 0 Å². The Balaban J connectivity index is 2.06. The summed E-state index contributed by atoms with van der Waals surface area (Å²) in [5.74, 6) is 0.0260. The third-order valence-electron chi connectivity index (χ3n) is 4.13. The lowest BCUT2D eigenvalue weighted by Gasteiger charge is -2.16. The molecule has 3 rings (SSSR count). The molecule has 1 amide bonds. The molecule has 0 unspecified atom stereocenters. The number of carbonyl (C=O) groups excluding carboxylic acids is 1. The number of fused-ring (bicyclic) bond motifs is 1. The number of nitrogens with zero attached hydrogens (tertiary/aromatic N) is 4. The summed E-state index contributed by atoms with van der Waals surface area (Å²) in [4.78, 5) is 38.2. The number of aromatic nitrogens is 3. The molecule has 0 radical (unpaired) electrons. The predicted molar refractivity (Wildman–Crippen MR) is 78.2 cm³/mol. The van der Waals surface area contributed by atoms with E-state index in [9.17, 15) is 14.4 Å². The van der Waals surface area contributed by atoms with Crippen molar-refractivity contribution >= 4 is 16.9 Å². The molecule has 1 saturated heterocycles. The smallest absolute Gasteiger partial charge is 0.332 e. The molecule has 2 aromatic rings. The molecule has 112 valence electrons. The van der Waals surface area contributed by atoms with Crippen molar-refractivity contribution in [3.63, 3.8) is 0 Å². The minimum Gasteiger partial charge on any atom is -0.341 e. The number of rotatable bonds is 2. The molecule has 0 spiro atoms. The van der Waals surface area contributed by atoms with Gasteiger partial charge in [-0.1, -0.05) is 0 Å². The van der Waals surface area contributed by atoms with E-state index in [1.165, 1.54) is 11.6 Å². The van der Waals surface area contributed by atoms with Gasteiger partial charge in [0.05, 0.1) is 5.39 Å². The Labute approximate surface area is 121 Å². The average Bonchev–Trinajstić information content (AvgIpc) is 3.12. The van der Waals surface area contributed by atoms with Crippen molar-refractivity contribution in [1.82, 2.24) is 18.6 Å². The van der Waals surface area contributed by atoms with Crippen LogP contribution in [0.4, 0.5) is 0 Å². The summed E-state index contributed by atoms with van der Waals surface area (Å²) in [5.41, 5.74) is -0.225. The monoisotopic (exact) mass is 290 g/mol. The molecule has 0 atom stereocenters. The first-order valence-corrected chi connectivity index (χ1v) is 7.03. The first kappa shape index (κ1) is 13.7. The van der Waals surface area contributed by atoms with Gasteiger partial charge < -0.3 is 9.47 Å². The second kappa shape index (κ2) is 4.91. The summed E-state index contributed by atoms with van der Waals surface area (Å²) in [6.07, 6.45) is 3.77. The van der Waals surface area contributed by atoms with E-state index in [1.807, 2.05) is 4.90 Å². The second-order valence-electron chi connectivity index (χ2n) is 5.47. The van der Waals surface area contributed by atoms with Crippen LogP contribution in [0.3, 0.4) is 0 Å². The minimum atomic E-state index is -0.388. The van der Waals surface area contributed by atoms with Crippen LogP contribution >= 0.6 is 0 Å². The van der Waals surface area contributed by atoms with Crippen molar-refractivity contribution < 1.29 is 4.79 Å². The highest BCUT2D eigenvalue weighted by Gasteiger charge is 2.20. The van der Waals surface area contributed by atoms with Gasteiger partial charge in [0.1, 0.15) is 12.2 Å². The Morgan fingerprint density at radius 2 is 1.81 bits per heavy atom. The molecule has 7 heteroatoms. The lowest BCUT2D eigenvalue weighted by atomic mass is 10.4. The van der Waals surface area contributed by atoms with Gasteiger partial charge in [0.15, 0.2) is 0 Å². The Kier molecular flexibility index (Phi) is 3.19. The van der Waals surface area contributed by atoms with Crippen LogP contribution in [0.5, 0.6) is 0 Å². The lowest BCUT2D eigenvalue weighted by molar-refractivity contribution is -0.130. The molecular weight excluding hydrogens is 272 g/mol. The highest BCUT2D eigenvalue weighted by molar-refractivity contribution is 5.80. The van der Waals surface area contributed by atoms with Crippen molar-refractivity contribution in [3.05, 3.63) is 33.1 Å². The fraction of sp³-hybridized carbons (Fsp3) is 0.500. The molecule has 21 heavy (non-hydrogen) atoms. The van der Waals surface area contributed by atoms with E-state index in [1.54, 1.807) is 23.9 Å². The third kappa shape index (κ3) is 2.09. The van der Waals surface area contributed by atoms with Gasteiger partial charge in [-0.2, -0.15) is 0 Å². The van der Waals surface area contributed by atoms with Crippen LogP contribution in [0.2, 0.25) is 0 Å². The Hall–Kier alpha value is -2.31. The van der Waals surface area contributed by atoms with Crippen molar-refractivity contribution in [1.29, 1.82) is 0 Å². The van der Waals surface area contributed by atoms with Crippen LogP contribution < -0.4 is 11.2 Å². The normalized spacial score (nSPS) is 15.0. The van der Waals surface area contributed by atoms with Gasteiger partial charge >= 0.3 is 5.69 Å². The largest absolute Gasteiger partial charge is 0.341 e. The number of amides is 1. The molecule has 0 aliphatic carbocycles. The summed E-state index contributed by atoms with van der Waals surface area (Å²) in [6, 6.07) is 1.66. The van der Waals surface area contributed by atoms with E-state index in [-0.39, 0.29) is 23.7 Å². The van der Waals surface area contributed by atoms with Gasteiger partial charge in [-0.25, -0.2) is 4.79 Å². The van der Waals surface area contributed by atoms with E-state index >= 15 is 0 Å². The fourth-order valence-corrected chi connectivity index (χ4v) is 2.93. The maximum atomic E-state index is 12.2. The average molecular weight is 290 g/mol. The molecule has 2 aromatic heterocycles. The molecule has 0 aromatic carbocycles. The molecule has 1 aliphatic rings. The van der Waals surface area contributed by atoms with Crippen molar-refractivity contribution in [2.45, 2.75) is 19.4 Å². The van der Waals surface area contributed by atoms with Gasteiger partial charge in [0, 0.05) is 33.4 Å². The van der Waals surface area contributed by atoms with Gasteiger partial charge in [-0.15, -0.1) is 0 Å². The topological polar surface area (TPSA) is 69.2 Å². The number of aryl methyl sites for hydroxylation is 1. The standard InChI is InChI=1S/C14H18N4O3/c1-15-12-10(13(20)16(2)14(15)21)5-8-18(12)9-11(19)17-6-3-4-7-17/h5,8H,3-4,6-7,9H2,1-2H3. The Morgan fingerprint density at radius 3 is 2.48 bits per heavy atom. The first-order chi connectivity index (χ1) is 10.0. The fourth-order valence-electron chi connectivity index (χ4n) is 2.93. The van der Waals surface area contributed by atoms with E-state index in [4.69, 9.17) is 0 Å². The number of likely N-dealkylation sites (tertiary alicyclic amines) is 1. The van der Waals surface area contributed by atoms with Gasteiger partial charge in [0.2, 0.25) is 5.91 Å². The molecule has 1 fully saturated rings. The lowest BCUT2D eigenvalue weighted by Crippen LogP contribution is -2.38. The molecule has 0 N–H and O–H groups in total. The van der Waals surface area contributed by atoms with Crippen LogP contribution in [-0.4, -0.2) is 37.6 Å². The Morgan fingerprint density at radius 1 is 1.14 bits per heavy atom. The minimum absolute atomic E-state index is 0.0260. The summed E-state index contributed by atoms with van der Waals surface area (Å²) in [6.45, 7) is 1.74. The summed E-state index contributed by atoms with van der Waals surface area (Å²) in [5, 5.41) is 0.453. The maximum Gasteiger partial charge on any atom is 0.332 e. The molecule has 0 bridgehead atoms. The number of hydrogen-bond donors (Lipinski definition) is 0. The summed E-state index contributed by atoms with van der Waals surface area (Å²) >= 11 is 0. The van der Waals surface area contributed by atoms with E-state index in [0.29, 0.717) is 11.0 Å². The Bertz CT molecular complexity index is 821. The summed E-state index contributed by atoms with van der Waals surface area (Å²) in [7, 11) is 3.07. The van der Waals surface area contributed by atoms with Gasteiger partial charge in [-0.05, 0) is 18.9 Å². The molecule has 1 aliphatic heterocycles. The van der Waals surface area contributed by atoms with Crippen molar-refractivity contribution in [2.24, 2.45) is 14.1 Å². The number of hydrogen-bond acceptors (Lipinski definition) is 3. The zero-order valence-corrected chi connectivity index (χ0v) is 12.2. The zero-order chi connectivity index (χ0) is 15.1. The molecular formula is C14H18N4O3.